The van der Waals surface area contributed by atoms with E-state index in [1.807, 2.05) is 22.1 Å². The summed E-state index contributed by atoms with van der Waals surface area (Å²) < 4.78 is 1.89. The first-order valence-corrected chi connectivity index (χ1v) is 10.2. The fraction of sp³-hybridized carbons (Fsp3) is 0.526. The van der Waals surface area contributed by atoms with Gasteiger partial charge in [0.1, 0.15) is 0 Å². The lowest BCUT2D eigenvalue weighted by Gasteiger charge is -2.31. The van der Waals surface area contributed by atoms with Gasteiger partial charge in [0, 0.05) is 24.4 Å². The van der Waals surface area contributed by atoms with Crippen molar-refractivity contribution >= 4 is 35.0 Å². The molecule has 0 spiro atoms. The molecule has 2 fully saturated rings. The molecule has 3 heterocycles. The molecule has 9 heteroatoms. The van der Waals surface area contributed by atoms with Crippen LogP contribution < -0.4 is 5.32 Å². The Kier molecular flexibility index (Phi) is 6.09. The third-order valence-electron chi connectivity index (χ3n) is 5.32. The fourth-order valence-corrected chi connectivity index (χ4v) is 4.41. The molecule has 0 aromatic carbocycles. The summed E-state index contributed by atoms with van der Waals surface area (Å²) in [5, 5.41) is 14.5. The van der Waals surface area contributed by atoms with E-state index in [1.165, 1.54) is 16.8 Å². The van der Waals surface area contributed by atoms with Gasteiger partial charge in [-0.2, -0.15) is 10.2 Å². The number of nitrogens with one attached hydrogen (secondary N) is 1. The van der Waals surface area contributed by atoms with Gasteiger partial charge in [0.25, 0.3) is 11.7 Å². The van der Waals surface area contributed by atoms with Gasteiger partial charge in [0.05, 0.1) is 26.2 Å². The van der Waals surface area contributed by atoms with Crippen molar-refractivity contribution in [1.82, 2.24) is 15.1 Å². The van der Waals surface area contributed by atoms with Gasteiger partial charge >= 0.3 is 6.03 Å². The maximum atomic E-state index is 12.4. The maximum Gasteiger partial charge on any atom is 0.417 e. The number of piperidine rings is 1. The van der Waals surface area contributed by atoms with Gasteiger partial charge in [-0.3, -0.25) is 14.2 Å². The third kappa shape index (κ3) is 3.92. The third-order valence-corrected chi connectivity index (χ3v) is 6.26. The monoisotopic (exact) mass is 402 g/mol. The van der Waals surface area contributed by atoms with Gasteiger partial charge in [-0.05, 0) is 30.7 Å². The molecule has 0 bridgehead atoms. The zero-order valence-corrected chi connectivity index (χ0v) is 16.9. The fourth-order valence-electron chi connectivity index (χ4n) is 3.70. The van der Waals surface area contributed by atoms with Crippen LogP contribution in [-0.4, -0.2) is 71.8 Å². The zero-order valence-electron chi connectivity index (χ0n) is 16.1. The highest BCUT2D eigenvalue weighted by molar-refractivity contribution is 7.09. The Hall–Kier alpha value is -2.73. The summed E-state index contributed by atoms with van der Waals surface area (Å²) in [4.78, 5) is 40.6. The number of thiophene rings is 1. The van der Waals surface area contributed by atoms with Crippen LogP contribution in [0.15, 0.2) is 17.5 Å². The first-order valence-electron chi connectivity index (χ1n) is 9.30. The van der Waals surface area contributed by atoms with E-state index in [9.17, 15) is 19.6 Å². The van der Waals surface area contributed by atoms with Crippen LogP contribution in [0.5, 0.6) is 0 Å². The molecule has 1 unspecified atom stereocenters. The Labute approximate surface area is 168 Å². The first kappa shape index (κ1) is 20.0. The molecule has 0 saturated carbocycles. The lowest BCUT2D eigenvalue weighted by atomic mass is 9.95. The van der Waals surface area contributed by atoms with Crippen LogP contribution in [0.4, 0.5) is 4.79 Å². The Balaban J connectivity index is 1.61. The van der Waals surface area contributed by atoms with Gasteiger partial charge in [-0.1, -0.05) is 6.07 Å². The van der Waals surface area contributed by atoms with E-state index in [1.54, 1.807) is 18.4 Å². The Morgan fingerprint density at radius 2 is 2.04 bits per heavy atom. The summed E-state index contributed by atoms with van der Waals surface area (Å²) >= 11 is 1.68. The first-order chi connectivity index (χ1) is 13.4. The van der Waals surface area contributed by atoms with E-state index in [4.69, 9.17) is 0 Å². The molecule has 0 radical (unpaired) electrons. The van der Waals surface area contributed by atoms with E-state index >= 15 is 0 Å². The topological polar surface area (TPSA) is 96.5 Å². The smallest absolute Gasteiger partial charge is 0.355 e. The molecule has 4 amide bonds. The van der Waals surface area contributed by atoms with E-state index in [0.717, 1.165) is 11.3 Å². The van der Waals surface area contributed by atoms with Crippen LogP contribution in [-0.2, 0) is 16.0 Å². The van der Waals surface area contributed by atoms with Gasteiger partial charge in [-0.15, -0.1) is 11.3 Å². The number of rotatable bonds is 4. The maximum absolute atomic E-state index is 12.4. The molecule has 2 aliphatic heterocycles. The molecule has 1 atom stereocenters. The number of carbonyl (C=O) groups excluding carboxylic acids is 3. The predicted octanol–water partition coefficient (Wildman–Crippen LogP) is 0.891. The Bertz CT molecular complexity index is 832. The van der Waals surface area contributed by atoms with Crippen molar-refractivity contribution in [3.63, 3.8) is 0 Å². The molecular weight excluding hydrogens is 378 g/mol. The largest absolute Gasteiger partial charge is 0.417 e. The van der Waals surface area contributed by atoms with E-state index in [0.29, 0.717) is 38.3 Å². The van der Waals surface area contributed by atoms with Crippen molar-refractivity contribution in [2.45, 2.75) is 19.3 Å². The molecule has 0 aliphatic carbocycles. The lowest BCUT2D eigenvalue weighted by molar-refractivity contribution is -0.545. The quantitative estimate of drug-likeness (QED) is 0.757. The molecule has 2 aliphatic rings. The Morgan fingerprint density at radius 1 is 1.32 bits per heavy atom. The SMILES string of the molecule is CN1C(=O)C(C#N)C(=[N+]2CCC(C(=O)NCCc3cccs3)CC2)N(C)C1=O. The summed E-state index contributed by atoms with van der Waals surface area (Å²) in [6, 6.07) is 5.62. The number of amides is 4. The highest BCUT2D eigenvalue weighted by atomic mass is 32.1. The molecule has 2 saturated heterocycles. The predicted molar refractivity (Wildman–Crippen MR) is 104 cm³/mol. The molecule has 1 aromatic heterocycles. The molecule has 28 heavy (non-hydrogen) atoms. The van der Waals surface area contributed by atoms with Crippen LogP contribution in [0.1, 0.15) is 17.7 Å². The van der Waals surface area contributed by atoms with Gasteiger partial charge < -0.3 is 5.32 Å². The van der Waals surface area contributed by atoms with Crippen molar-refractivity contribution in [3.8, 4) is 6.07 Å². The van der Waals surface area contributed by atoms with Crippen LogP contribution >= 0.6 is 11.3 Å². The lowest BCUT2D eigenvalue weighted by Crippen LogP contribution is -2.59. The second-order valence-electron chi connectivity index (χ2n) is 7.04. The van der Waals surface area contributed by atoms with E-state index in [2.05, 4.69) is 11.4 Å². The highest BCUT2D eigenvalue weighted by Crippen LogP contribution is 2.21. The second-order valence-corrected chi connectivity index (χ2v) is 8.07. The number of hydrogen-bond donors (Lipinski definition) is 1. The van der Waals surface area contributed by atoms with Gasteiger partial charge in [0.2, 0.25) is 11.8 Å². The van der Waals surface area contributed by atoms with Crippen LogP contribution in [0, 0.1) is 23.2 Å². The van der Waals surface area contributed by atoms with Gasteiger partial charge in [0.15, 0.2) is 0 Å². The molecule has 3 rings (SSSR count). The number of amidine groups is 1. The normalized spacial score (nSPS) is 23.0. The molecule has 1 aromatic rings. The van der Waals surface area contributed by atoms with Crippen LogP contribution in [0.3, 0.4) is 0 Å². The number of carbonyl (C=O) groups is 3. The average molecular weight is 403 g/mol. The summed E-state index contributed by atoms with van der Waals surface area (Å²) in [7, 11) is 2.96. The second kappa shape index (κ2) is 8.52. The highest BCUT2D eigenvalue weighted by Gasteiger charge is 2.48. The van der Waals surface area contributed by atoms with Crippen molar-refractivity contribution < 1.29 is 19.0 Å². The number of hydrogen-bond acceptors (Lipinski definition) is 5. The molecule has 1 N–H and O–H groups in total. The number of urea groups is 1. The van der Waals surface area contributed by atoms with Crippen molar-refractivity contribution in [1.29, 1.82) is 5.26 Å². The standard InChI is InChI=1S/C19H23N5O3S/c1-22-17(15(12-20)18(26)23(2)19(22)27)24-9-6-13(7-10-24)16(25)21-8-5-14-4-3-11-28-14/h3-4,11,13,15H,5-10H2,1-2H3/p+1. The van der Waals surface area contributed by atoms with Gasteiger partial charge in [-0.25, -0.2) is 9.69 Å². The minimum absolute atomic E-state index is 0.0434. The van der Waals surface area contributed by atoms with Crippen molar-refractivity contribution in [3.05, 3.63) is 22.4 Å². The average Bonchev–Trinajstić information content (AvgIpc) is 3.22. The number of nitriles is 1. The summed E-state index contributed by atoms with van der Waals surface area (Å²) in [6.45, 7) is 1.68. The Morgan fingerprint density at radius 3 is 2.64 bits per heavy atom. The number of nitrogens with zero attached hydrogens (tertiary/aromatic N) is 4. The molecule has 148 valence electrons. The van der Waals surface area contributed by atoms with Crippen LogP contribution in [0.2, 0.25) is 0 Å². The molecular formula is C19H24N5O3S+. The van der Waals surface area contributed by atoms with E-state index in [-0.39, 0.29) is 11.8 Å². The summed E-state index contributed by atoms with van der Waals surface area (Å²) in [6.07, 6.45) is 2.07. The number of imide groups is 1. The van der Waals surface area contributed by atoms with Crippen molar-refractivity contribution in [2.24, 2.45) is 11.8 Å². The molecule has 8 nitrogen and oxygen atoms in total. The summed E-state index contributed by atoms with van der Waals surface area (Å²) in [5.41, 5.74) is 0. The minimum atomic E-state index is -0.996. The van der Waals surface area contributed by atoms with E-state index < -0.39 is 17.9 Å². The van der Waals surface area contributed by atoms with Crippen LogP contribution in [0.25, 0.3) is 0 Å². The zero-order chi connectivity index (χ0) is 20.3. The van der Waals surface area contributed by atoms with Crippen molar-refractivity contribution in [2.75, 3.05) is 33.7 Å². The summed E-state index contributed by atoms with van der Waals surface area (Å²) in [5.74, 6) is -1.13. The minimum Gasteiger partial charge on any atom is -0.355 e.